The van der Waals surface area contributed by atoms with Gasteiger partial charge in [-0.15, -0.1) is 0 Å². The van der Waals surface area contributed by atoms with Crippen LogP contribution in [0.15, 0.2) is 18.2 Å². The maximum Gasteiger partial charge on any atom is 0.292 e. The highest BCUT2D eigenvalue weighted by Gasteiger charge is 2.29. The van der Waals surface area contributed by atoms with Crippen LogP contribution in [-0.4, -0.2) is 16.9 Å². The van der Waals surface area contributed by atoms with Crippen molar-refractivity contribution in [3.05, 3.63) is 33.9 Å². The zero-order valence-corrected chi connectivity index (χ0v) is 10.1. The molecule has 96 valence electrons. The van der Waals surface area contributed by atoms with Crippen LogP contribution in [0.5, 0.6) is 0 Å². The Morgan fingerprint density at radius 2 is 2.22 bits per heavy atom. The average Bonchev–Trinajstić information content (AvgIpc) is 3.11. The minimum Gasteiger partial charge on any atom is -0.393 e. The van der Waals surface area contributed by atoms with E-state index in [0.717, 1.165) is 12.8 Å². The summed E-state index contributed by atoms with van der Waals surface area (Å²) in [6, 6.07) is 4.15. The molecule has 1 aromatic carbocycles. The molecule has 0 bridgehead atoms. The number of nitrogens with zero attached hydrogens (tertiary/aromatic N) is 1. The van der Waals surface area contributed by atoms with Crippen LogP contribution in [0.1, 0.15) is 30.1 Å². The molecule has 18 heavy (non-hydrogen) atoms. The number of amides is 1. The number of carbonyl (C=O) groups is 1. The number of nitro benzene ring substituents is 1. The van der Waals surface area contributed by atoms with Crippen molar-refractivity contribution in [3.63, 3.8) is 0 Å². The van der Waals surface area contributed by atoms with Gasteiger partial charge in [0, 0.05) is 17.7 Å². The van der Waals surface area contributed by atoms with Gasteiger partial charge in [0.25, 0.3) is 11.6 Å². The third-order valence-corrected chi connectivity index (χ3v) is 3.17. The standard InChI is InChI=1S/C12H15N3O3/c1-7(8-2-3-8)14-12(16)9-4-5-11(15(17)18)10(13)6-9/h4-8H,2-3,13H2,1H3,(H,14,16). The Balaban J connectivity index is 2.10. The highest BCUT2D eigenvalue weighted by Crippen LogP contribution is 2.32. The van der Waals surface area contributed by atoms with Crippen molar-refractivity contribution in [2.24, 2.45) is 5.92 Å². The molecule has 1 atom stereocenters. The lowest BCUT2D eigenvalue weighted by molar-refractivity contribution is -0.383. The number of carbonyl (C=O) groups excluding carboxylic acids is 1. The van der Waals surface area contributed by atoms with Crippen LogP contribution in [0.25, 0.3) is 0 Å². The number of rotatable bonds is 4. The third kappa shape index (κ3) is 2.58. The van der Waals surface area contributed by atoms with Crippen LogP contribution in [0.4, 0.5) is 11.4 Å². The van der Waals surface area contributed by atoms with Crippen LogP contribution in [-0.2, 0) is 0 Å². The Morgan fingerprint density at radius 3 is 2.72 bits per heavy atom. The van der Waals surface area contributed by atoms with Crippen LogP contribution in [0.3, 0.4) is 0 Å². The van der Waals surface area contributed by atoms with Gasteiger partial charge in [-0.2, -0.15) is 0 Å². The summed E-state index contributed by atoms with van der Waals surface area (Å²) in [6.07, 6.45) is 2.29. The van der Waals surface area contributed by atoms with Gasteiger partial charge in [0.2, 0.25) is 0 Å². The van der Waals surface area contributed by atoms with E-state index < -0.39 is 4.92 Å². The van der Waals surface area contributed by atoms with Gasteiger partial charge in [-0.1, -0.05) is 0 Å². The first kappa shape index (κ1) is 12.3. The number of benzene rings is 1. The van der Waals surface area contributed by atoms with Crippen molar-refractivity contribution in [2.45, 2.75) is 25.8 Å². The van der Waals surface area contributed by atoms with Crippen molar-refractivity contribution in [1.29, 1.82) is 0 Å². The van der Waals surface area contributed by atoms with Crippen LogP contribution >= 0.6 is 0 Å². The molecule has 1 aliphatic carbocycles. The lowest BCUT2D eigenvalue weighted by atomic mass is 10.1. The lowest BCUT2D eigenvalue weighted by Gasteiger charge is -2.12. The fraction of sp³-hybridized carbons (Fsp3) is 0.417. The van der Waals surface area contributed by atoms with Gasteiger partial charge in [-0.05, 0) is 37.8 Å². The number of nitro groups is 1. The number of anilines is 1. The van der Waals surface area contributed by atoms with Crippen molar-refractivity contribution in [2.75, 3.05) is 5.73 Å². The molecule has 0 radical (unpaired) electrons. The predicted octanol–water partition coefficient (Wildman–Crippen LogP) is 1.71. The highest BCUT2D eigenvalue weighted by atomic mass is 16.6. The Labute approximate surface area is 104 Å². The van der Waals surface area contributed by atoms with Gasteiger partial charge in [-0.3, -0.25) is 14.9 Å². The Bertz CT molecular complexity index is 497. The first-order valence-corrected chi connectivity index (χ1v) is 5.84. The summed E-state index contributed by atoms with van der Waals surface area (Å²) in [5.41, 5.74) is 5.72. The molecular weight excluding hydrogens is 234 g/mol. The number of hydrogen-bond acceptors (Lipinski definition) is 4. The number of hydrogen-bond donors (Lipinski definition) is 2. The second-order valence-corrected chi connectivity index (χ2v) is 4.63. The van der Waals surface area contributed by atoms with E-state index in [9.17, 15) is 14.9 Å². The van der Waals surface area contributed by atoms with Crippen molar-refractivity contribution in [3.8, 4) is 0 Å². The quantitative estimate of drug-likeness (QED) is 0.482. The summed E-state index contributed by atoms with van der Waals surface area (Å²) in [6.45, 7) is 1.96. The Morgan fingerprint density at radius 1 is 1.56 bits per heavy atom. The SMILES string of the molecule is CC(NC(=O)c1ccc([N+](=O)[O-])c(N)c1)C1CC1. The summed E-state index contributed by atoms with van der Waals surface area (Å²) in [5.74, 6) is 0.320. The molecule has 1 aliphatic rings. The lowest BCUT2D eigenvalue weighted by Crippen LogP contribution is -2.34. The first-order valence-electron chi connectivity index (χ1n) is 5.84. The summed E-state index contributed by atoms with van der Waals surface area (Å²) in [7, 11) is 0. The van der Waals surface area contributed by atoms with Crippen LogP contribution in [0.2, 0.25) is 0 Å². The fourth-order valence-electron chi connectivity index (χ4n) is 1.87. The summed E-state index contributed by atoms with van der Waals surface area (Å²) < 4.78 is 0. The van der Waals surface area contributed by atoms with E-state index >= 15 is 0 Å². The Hall–Kier alpha value is -2.11. The van der Waals surface area contributed by atoms with E-state index in [1.807, 2.05) is 6.92 Å². The molecule has 1 unspecified atom stereocenters. The van der Waals surface area contributed by atoms with Crippen molar-refractivity contribution >= 4 is 17.3 Å². The normalized spacial score (nSPS) is 16.1. The molecule has 2 rings (SSSR count). The number of nitrogen functional groups attached to an aromatic ring is 1. The van der Waals surface area contributed by atoms with Gasteiger partial charge in [0.05, 0.1) is 4.92 Å². The largest absolute Gasteiger partial charge is 0.393 e. The maximum absolute atomic E-state index is 11.9. The van der Waals surface area contributed by atoms with Crippen LogP contribution < -0.4 is 11.1 Å². The molecule has 0 aliphatic heterocycles. The van der Waals surface area contributed by atoms with E-state index in [1.165, 1.54) is 18.2 Å². The van der Waals surface area contributed by atoms with E-state index in [4.69, 9.17) is 5.73 Å². The summed E-state index contributed by atoms with van der Waals surface area (Å²) in [5, 5.41) is 13.5. The monoisotopic (exact) mass is 249 g/mol. The molecular formula is C12H15N3O3. The molecule has 3 N–H and O–H groups in total. The fourth-order valence-corrected chi connectivity index (χ4v) is 1.87. The summed E-state index contributed by atoms with van der Waals surface area (Å²) >= 11 is 0. The number of nitrogens with two attached hydrogens (primary N) is 1. The molecule has 1 amide bonds. The van der Waals surface area contributed by atoms with Gasteiger partial charge in [0.15, 0.2) is 0 Å². The second-order valence-electron chi connectivity index (χ2n) is 4.63. The highest BCUT2D eigenvalue weighted by molar-refractivity contribution is 5.95. The minimum atomic E-state index is -0.566. The molecule has 0 aromatic heterocycles. The molecule has 1 aromatic rings. The maximum atomic E-state index is 11.9. The van der Waals surface area contributed by atoms with Crippen LogP contribution in [0, 0.1) is 16.0 Å². The van der Waals surface area contributed by atoms with E-state index in [2.05, 4.69) is 5.32 Å². The smallest absolute Gasteiger partial charge is 0.292 e. The molecule has 6 heteroatoms. The molecule has 1 fully saturated rings. The molecule has 1 saturated carbocycles. The zero-order valence-electron chi connectivity index (χ0n) is 10.1. The van der Waals surface area contributed by atoms with Gasteiger partial charge in [0.1, 0.15) is 5.69 Å². The van der Waals surface area contributed by atoms with Gasteiger partial charge < -0.3 is 11.1 Å². The summed E-state index contributed by atoms with van der Waals surface area (Å²) in [4.78, 5) is 21.9. The zero-order chi connectivity index (χ0) is 13.3. The third-order valence-electron chi connectivity index (χ3n) is 3.17. The van der Waals surface area contributed by atoms with Gasteiger partial charge in [-0.25, -0.2) is 0 Å². The molecule has 0 spiro atoms. The van der Waals surface area contributed by atoms with Gasteiger partial charge >= 0.3 is 0 Å². The van der Waals surface area contributed by atoms with E-state index in [-0.39, 0.29) is 23.3 Å². The first-order chi connectivity index (χ1) is 8.49. The van der Waals surface area contributed by atoms with Crippen molar-refractivity contribution in [1.82, 2.24) is 5.32 Å². The molecule has 6 nitrogen and oxygen atoms in total. The van der Waals surface area contributed by atoms with E-state index in [0.29, 0.717) is 11.5 Å². The molecule has 0 saturated heterocycles. The predicted molar refractivity (Wildman–Crippen MR) is 67.2 cm³/mol. The minimum absolute atomic E-state index is 0.00623. The number of nitrogens with one attached hydrogen (secondary N) is 1. The average molecular weight is 249 g/mol. The topological polar surface area (TPSA) is 98.3 Å². The van der Waals surface area contributed by atoms with E-state index in [1.54, 1.807) is 0 Å². The van der Waals surface area contributed by atoms with Crippen molar-refractivity contribution < 1.29 is 9.72 Å². The molecule has 0 heterocycles. The Kier molecular flexibility index (Phi) is 3.18. The second kappa shape index (κ2) is 4.64.